The van der Waals surface area contributed by atoms with Crippen molar-refractivity contribution in [2.45, 2.75) is 25.7 Å². The van der Waals surface area contributed by atoms with Crippen LogP contribution in [0.5, 0.6) is 0 Å². The Morgan fingerprint density at radius 3 is 2.69 bits per heavy atom. The lowest BCUT2D eigenvalue weighted by Gasteiger charge is -2.17. The molecule has 1 rings (SSSR count). The first-order valence-corrected chi connectivity index (χ1v) is 4.15. The van der Waals surface area contributed by atoms with E-state index < -0.39 is 5.41 Å². The third-order valence-corrected chi connectivity index (χ3v) is 2.25. The maximum Gasteiger partial charge on any atom is 0.141 e. The Labute approximate surface area is 77.0 Å². The van der Waals surface area contributed by atoms with E-state index in [1.54, 1.807) is 13.0 Å². The highest BCUT2D eigenvalue weighted by molar-refractivity contribution is 5.24. The van der Waals surface area contributed by atoms with Crippen LogP contribution >= 0.6 is 0 Å². The Morgan fingerprint density at radius 1 is 1.62 bits per heavy atom. The fraction of sp³-hybridized carbons (Fsp3) is 0.400. The van der Waals surface area contributed by atoms with E-state index in [-0.39, 0.29) is 5.82 Å². The second-order valence-electron chi connectivity index (χ2n) is 3.16. The molecule has 13 heavy (non-hydrogen) atoms. The average Bonchev–Trinajstić information content (AvgIpc) is 2.18. The SMILES string of the molecule is CCC(C)(C#N)c1ccc(F)cn1. The molecule has 0 spiro atoms. The first kappa shape index (κ1) is 9.66. The van der Waals surface area contributed by atoms with E-state index in [1.165, 1.54) is 6.07 Å². The number of hydrogen-bond acceptors (Lipinski definition) is 2. The average molecular weight is 178 g/mol. The highest BCUT2D eigenvalue weighted by atomic mass is 19.1. The first-order chi connectivity index (χ1) is 6.12. The van der Waals surface area contributed by atoms with Crippen LogP contribution in [0.4, 0.5) is 4.39 Å². The molecule has 1 heterocycles. The summed E-state index contributed by atoms with van der Waals surface area (Å²) in [7, 11) is 0. The predicted octanol–water partition coefficient (Wildman–Crippen LogP) is 2.41. The summed E-state index contributed by atoms with van der Waals surface area (Å²) in [6.45, 7) is 3.71. The summed E-state index contributed by atoms with van der Waals surface area (Å²) in [5.74, 6) is -0.375. The van der Waals surface area contributed by atoms with Gasteiger partial charge < -0.3 is 0 Å². The van der Waals surface area contributed by atoms with Crippen molar-refractivity contribution in [2.75, 3.05) is 0 Å². The van der Waals surface area contributed by atoms with Crippen LogP contribution in [0, 0.1) is 17.1 Å². The van der Waals surface area contributed by atoms with Crippen molar-refractivity contribution in [3.05, 3.63) is 29.8 Å². The van der Waals surface area contributed by atoms with Crippen molar-refractivity contribution in [3.8, 4) is 6.07 Å². The van der Waals surface area contributed by atoms with Crippen molar-refractivity contribution in [3.63, 3.8) is 0 Å². The van der Waals surface area contributed by atoms with Gasteiger partial charge in [-0.05, 0) is 25.5 Å². The van der Waals surface area contributed by atoms with Crippen LogP contribution in [0.1, 0.15) is 26.0 Å². The lowest BCUT2D eigenvalue weighted by Crippen LogP contribution is -2.19. The van der Waals surface area contributed by atoms with Gasteiger partial charge in [0.25, 0.3) is 0 Å². The maximum atomic E-state index is 12.5. The van der Waals surface area contributed by atoms with E-state index in [0.717, 1.165) is 6.20 Å². The van der Waals surface area contributed by atoms with Crippen LogP contribution in [-0.2, 0) is 5.41 Å². The van der Waals surface area contributed by atoms with Crippen molar-refractivity contribution in [1.82, 2.24) is 4.98 Å². The van der Waals surface area contributed by atoms with Crippen molar-refractivity contribution < 1.29 is 4.39 Å². The molecule has 0 radical (unpaired) electrons. The van der Waals surface area contributed by atoms with Gasteiger partial charge in [0, 0.05) is 0 Å². The molecule has 0 saturated carbocycles. The summed E-state index contributed by atoms with van der Waals surface area (Å²) in [5.41, 5.74) is 0.0205. The Balaban J connectivity index is 3.08. The zero-order valence-corrected chi connectivity index (χ0v) is 7.71. The Kier molecular flexibility index (Phi) is 2.62. The molecule has 2 nitrogen and oxygen atoms in total. The number of pyridine rings is 1. The topological polar surface area (TPSA) is 36.7 Å². The highest BCUT2D eigenvalue weighted by Gasteiger charge is 2.25. The van der Waals surface area contributed by atoms with Gasteiger partial charge in [-0.15, -0.1) is 0 Å². The number of rotatable bonds is 2. The van der Waals surface area contributed by atoms with Crippen LogP contribution in [0.2, 0.25) is 0 Å². The number of halogens is 1. The minimum absolute atomic E-state index is 0.375. The molecule has 0 fully saturated rings. The molecule has 1 aromatic heterocycles. The zero-order chi connectivity index (χ0) is 9.90. The van der Waals surface area contributed by atoms with E-state index in [9.17, 15) is 4.39 Å². The van der Waals surface area contributed by atoms with Crippen LogP contribution in [0.15, 0.2) is 18.3 Å². The summed E-state index contributed by atoms with van der Waals surface area (Å²) in [6, 6.07) is 5.06. The predicted molar refractivity (Wildman–Crippen MR) is 47.5 cm³/mol. The Hall–Kier alpha value is -1.43. The van der Waals surface area contributed by atoms with Crippen molar-refractivity contribution in [2.24, 2.45) is 0 Å². The standard InChI is InChI=1S/C10H11FN2/c1-3-10(2,7-12)9-5-4-8(11)6-13-9/h4-6H,3H2,1-2H3. The molecule has 3 heteroatoms. The Morgan fingerprint density at radius 2 is 2.31 bits per heavy atom. The van der Waals surface area contributed by atoms with Gasteiger partial charge in [-0.2, -0.15) is 5.26 Å². The molecule has 0 saturated heterocycles. The molecule has 0 bridgehead atoms. The van der Waals surface area contributed by atoms with Crippen molar-refractivity contribution in [1.29, 1.82) is 5.26 Å². The smallest absolute Gasteiger partial charge is 0.141 e. The van der Waals surface area contributed by atoms with E-state index in [2.05, 4.69) is 11.1 Å². The largest absolute Gasteiger partial charge is 0.257 e. The lowest BCUT2D eigenvalue weighted by molar-refractivity contribution is 0.558. The van der Waals surface area contributed by atoms with Gasteiger partial charge in [-0.1, -0.05) is 6.92 Å². The molecule has 0 aromatic carbocycles. The van der Waals surface area contributed by atoms with Crippen LogP contribution < -0.4 is 0 Å². The summed E-state index contributed by atoms with van der Waals surface area (Å²) < 4.78 is 12.5. The third kappa shape index (κ3) is 1.83. The van der Waals surface area contributed by atoms with E-state index in [1.807, 2.05) is 6.92 Å². The van der Waals surface area contributed by atoms with Gasteiger partial charge in [0.1, 0.15) is 5.82 Å². The summed E-state index contributed by atoms with van der Waals surface area (Å²) in [4.78, 5) is 3.89. The second kappa shape index (κ2) is 3.53. The maximum absolute atomic E-state index is 12.5. The second-order valence-corrected chi connectivity index (χ2v) is 3.16. The van der Waals surface area contributed by atoms with Crippen LogP contribution in [-0.4, -0.2) is 4.98 Å². The molecule has 1 aromatic rings. The third-order valence-electron chi connectivity index (χ3n) is 2.25. The fourth-order valence-electron chi connectivity index (χ4n) is 1.02. The van der Waals surface area contributed by atoms with Gasteiger partial charge in [-0.25, -0.2) is 4.39 Å². The van der Waals surface area contributed by atoms with E-state index in [4.69, 9.17) is 5.26 Å². The van der Waals surface area contributed by atoms with Crippen LogP contribution in [0.25, 0.3) is 0 Å². The number of hydrogen-bond donors (Lipinski definition) is 0. The summed E-state index contributed by atoms with van der Waals surface area (Å²) >= 11 is 0. The quantitative estimate of drug-likeness (QED) is 0.697. The van der Waals surface area contributed by atoms with Gasteiger partial charge in [0.05, 0.1) is 23.4 Å². The highest BCUT2D eigenvalue weighted by Crippen LogP contribution is 2.24. The molecule has 0 aliphatic heterocycles. The number of nitrogens with zero attached hydrogens (tertiary/aromatic N) is 2. The van der Waals surface area contributed by atoms with Crippen LogP contribution in [0.3, 0.4) is 0 Å². The van der Waals surface area contributed by atoms with E-state index in [0.29, 0.717) is 12.1 Å². The molecule has 1 atom stereocenters. The summed E-state index contributed by atoms with van der Waals surface area (Å²) in [5, 5.41) is 8.92. The molecular formula is C10H11FN2. The number of nitriles is 1. The monoisotopic (exact) mass is 178 g/mol. The fourth-order valence-corrected chi connectivity index (χ4v) is 1.02. The molecule has 0 amide bonds. The number of aromatic nitrogens is 1. The molecule has 0 aliphatic rings. The lowest BCUT2D eigenvalue weighted by atomic mass is 9.85. The molecular weight excluding hydrogens is 167 g/mol. The molecule has 0 N–H and O–H groups in total. The van der Waals surface area contributed by atoms with Crippen molar-refractivity contribution >= 4 is 0 Å². The molecule has 1 unspecified atom stereocenters. The van der Waals surface area contributed by atoms with Gasteiger partial charge in [0.2, 0.25) is 0 Å². The molecule has 0 aliphatic carbocycles. The first-order valence-electron chi connectivity index (χ1n) is 4.15. The summed E-state index contributed by atoms with van der Waals surface area (Å²) in [6.07, 6.45) is 1.81. The van der Waals surface area contributed by atoms with Gasteiger partial charge in [-0.3, -0.25) is 4.98 Å². The van der Waals surface area contributed by atoms with Gasteiger partial charge >= 0.3 is 0 Å². The Bertz CT molecular complexity index is 326. The minimum Gasteiger partial charge on any atom is -0.257 e. The van der Waals surface area contributed by atoms with Gasteiger partial charge in [0.15, 0.2) is 0 Å². The van der Waals surface area contributed by atoms with E-state index >= 15 is 0 Å². The minimum atomic E-state index is -0.603. The zero-order valence-electron chi connectivity index (χ0n) is 7.71. The normalized spacial score (nSPS) is 14.6. The molecule has 68 valence electrons.